The molecule has 0 aliphatic heterocycles. The third kappa shape index (κ3) is 3.80. The number of nitrogens with two attached hydrogens (primary N) is 1. The number of halogens is 1. The van der Waals surface area contributed by atoms with Gasteiger partial charge in [-0.05, 0) is 37.5 Å². The van der Waals surface area contributed by atoms with Gasteiger partial charge in [0.05, 0.1) is 0 Å². The van der Waals surface area contributed by atoms with E-state index in [0.29, 0.717) is 12.1 Å². The van der Waals surface area contributed by atoms with Crippen LogP contribution in [0, 0.1) is 6.92 Å². The van der Waals surface area contributed by atoms with E-state index in [2.05, 4.69) is 21.2 Å². The van der Waals surface area contributed by atoms with Crippen molar-refractivity contribution in [2.45, 2.75) is 44.6 Å². The summed E-state index contributed by atoms with van der Waals surface area (Å²) in [5.41, 5.74) is 7.90. The molecule has 3 nitrogen and oxygen atoms in total. The summed E-state index contributed by atoms with van der Waals surface area (Å²) in [6.07, 6.45) is 5.61. The second-order valence-corrected chi connectivity index (χ2v) is 6.42. The molecule has 1 aliphatic carbocycles. The molecule has 1 aromatic carbocycles. The molecular weight excluding hydrogens is 304 g/mol. The van der Waals surface area contributed by atoms with Gasteiger partial charge in [-0.25, -0.2) is 0 Å². The van der Waals surface area contributed by atoms with Crippen LogP contribution in [0.25, 0.3) is 0 Å². The van der Waals surface area contributed by atoms with E-state index in [-0.39, 0.29) is 11.4 Å². The normalized spacial score (nSPS) is 18.1. The fraction of sp³-hybridized carbons (Fsp3) is 0.533. The lowest BCUT2D eigenvalue weighted by atomic mass is 9.82. The Morgan fingerprint density at radius 3 is 2.68 bits per heavy atom. The summed E-state index contributed by atoms with van der Waals surface area (Å²) in [6, 6.07) is 5.64. The molecule has 0 spiro atoms. The zero-order valence-electron chi connectivity index (χ0n) is 11.3. The van der Waals surface area contributed by atoms with Gasteiger partial charge in [-0.2, -0.15) is 0 Å². The molecule has 3 N–H and O–H groups in total. The number of carbonyl (C=O) groups is 1. The fourth-order valence-corrected chi connectivity index (χ4v) is 2.90. The van der Waals surface area contributed by atoms with Crippen molar-refractivity contribution in [1.82, 2.24) is 5.32 Å². The topological polar surface area (TPSA) is 55.1 Å². The first kappa shape index (κ1) is 14.5. The Hall–Kier alpha value is -0.870. The van der Waals surface area contributed by atoms with Crippen molar-refractivity contribution in [3.8, 4) is 0 Å². The summed E-state index contributed by atoms with van der Waals surface area (Å²) in [6.45, 7) is 2.57. The first-order valence-electron chi connectivity index (χ1n) is 6.83. The highest BCUT2D eigenvalue weighted by Gasteiger charge is 2.27. The van der Waals surface area contributed by atoms with Gasteiger partial charge in [0.15, 0.2) is 0 Å². The Labute approximate surface area is 123 Å². The molecule has 1 fully saturated rings. The van der Waals surface area contributed by atoms with Crippen LogP contribution in [0.2, 0.25) is 0 Å². The quantitative estimate of drug-likeness (QED) is 0.897. The molecule has 1 saturated carbocycles. The molecule has 0 heterocycles. The average molecular weight is 325 g/mol. The zero-order chi connectivity index (χ0) is 13.9. The van der Waals surface area contributed by atoms with Crippen LogP contribution < -0.4 is 11.1 Å². The van der Waals surface area contributed by atoms with Crippen LogP contribution in [0.5, 0.6) is 0 Å². The van der Waals surface area contributed by atoms with E-state index in [1.807, 2.05) is 25.1 Å². The zero-order valence-corrected chi connectivity index (χ0v) is 12.9. The van der Waals surface area contributed by atoms with Gasteiger partial charge in [-0.1, -0.05) is 41.3 Å². The predicted octanol–water partition coefficient (Wildman–Crippen LogP) is 3.15. The van der Waals surface area contributed by atoms with Crippen molar-refractivity contribution in [3.63, 3.8) is 0 Å². The highest BCUT2D eigenvalue weighted by molar-refractivity contribution is 9.10. The Morgan fingerprint density at radius 2 is 2.05 bits per heavy atom. The molecule has 1 aromatic rings. The molecule has 0 saturated heterocycles. The molecule has 104 valence electrons. The first-order valence-corrected chi connectivity index (χ1v) is 7.63. The maximum Gasteiger partial charge on any atom is 0.251 e. The molecule has 0 atom stereocenters. The minimum Gasteiger partial charge on any atom is -0.350 e. The lowest BCUT2D eigenvalue weighted by Gasteiger charge is -2.33. The number of hydrogen-bond acceptors (Lipinski definition) is 2. The van der Waals surface area contributed by atoms with E-state index in [4.69, 9.17) is 5.73 Å². The maximum absolute atomic E-state index is 12.1. The minimum atomic E-state index is -0.212. The number of rotatable bonds is 3. The van der Waals surface area contributed by atoms with E-state index in [1.54, 1.807) is 0 Å². The van der Waals surface area contributed by atoms with Crippen molar-refractivity contribution < 1.29 is 4.79 Å². The van der Waals surface area contributed by atoms with E-state index >= 15 is 0 Å². The van der Waals surface area contributed by atoms with Gasteiger partial charge in [-0.15, -0.1) is 0 Å². The van der Waals surface area contributed by atoms with Crippen LogP contribution in [0.1, 0.15) is 48.0 Å². The largest absolute Gasteiger partial charge is 0.350 e. The smallest absolute Gasteiger partial charge is 0.251 e. The maximum atomic E-state index is 12.1. The average Bonchev–Trinajstić information content (AvgIpc) is 2.40. The van der Waals surface area contributed by atoms with Crippen LogP contribution >= 0.6 is 15.9 Å². The number of aryl methyl sites for hydroxylation is 1. The Bertz CT molecular complexity index is 467. The second-order valence-electron chi connectivity index (χ2n) is 5.57. The number of amides is 1. The second kappa shape index (κ2) is 6.06. The first-order chi connectivity index (χ1) is 9.00. The monoisotopic (exact) mass is 324 g/mol. The number of hydrogen-bond donors (Lipinski definition) is 2. The molecule has 0 unspecified atom stereocenters. The summed E-state index contributed by atoms with van der Waals surface area (Å²) in [4.78, 5) is 12.1. The van der Waals surface area contributed by atoms with Crippen LogP contribution in [-0.2, 0) is 0 Å². The molecular formula is C15H21BrN2O. The molecule has 2 rings (SSSR count). The Balaban J connectivity index is 1.95. The number of carbonyl (C=O) groups excluding carboxylic acids is 1. The van der Waals surface area contributed by atoms with Crippen LogP contribution in [0.4, 0.5) is 0 Å². The lowest BCUT2D eigenvalue weighted by Crippen LogP contribution is -2.51. The van der Waals surface area contributed by atoms with Crippen molar-refractivity contribution >= 4 is 21.8 Å². The third-order valence-electron chi connectivity index (χ3n) is 3.88. The molecule has 0 radical (unpaired) electrons. The van der Waals surface area contributed by atoms with Gasteiger partial charge in [0.1, 0.15) is 0 Å². The fourth-order valence-electron chi connectivity index (χ4n) is 2.53. The van der Waals surface area contributed by atoms with Crippen molar-refractivity contribution in [2.24, 2.45) is 5.73 Å². The van der Waals surface area contributed by atoms with Gasteiger partial charge < -0.3 is 11.1 Å². The van der Waals surface area contributed by atoms with Gasteiger partial charge >= 0.3 is 0 Å². The van der Waals surface area contributed by atoms with Gasteiger partial charge in [0.2, 0.25) is 0 Å². The number of benzene rings is 1. The molecule has 0 aromatic heterocycles. The predicted molar refractivity (Wildman–Crippen MR) is 81.2 cm³/mol. The number of nitrogens with one attached hydrogen (secondary N) is 1. The summed E-state index contributed by atoms with van der Waals surface area (Å²) in [7, 11) is 0. The van der Waals surface area contributed by atoms with Gasteiger partial charge in [-0.3, -0.25) is 4.79 Å². The summed E-state index contributed by atoms with van der Waals surface area (Å²) in [5.74, 6) is -0.0453. The summed E-state index contributed by atoms with van der Waals surface area (Å²) in [5, 5.41) is 2.97. The molecule has 19 heavy (non-hydrogen) atoms. The highest BCUT2D eigenvalue weighted by Crippen LogP contribution is 2.25. The van der Waals surface area contributed by atoms with Crippen LogP contribution in [0.3, 0.4) is 0 Å². The lowest BCUT2D eigenvalue weighted by molar-refractivity contribution is 0.0937. The van der Waals surface area contributed by atoms with Crippen molar-refractivity contribution in [3.05, 3.63) is 33.8 Å². The molecule has 4 heteroatoms. The molecule has 0 bridgehead atoms. The van der Waals surface area contributed by atoms with E-state index in [1.165, 1.54) is 19.3 Å². The Morgan fingerprint density at radius 1 is 1.37 bits per heavy atom. The van der Waals surface area contributed by atoms with E-state index in [0.717, 1.165) is 22.9 Å². The van der Waals surface area contributed by atoms with Crippen molar-refractivity contribution in [1.29, 1.82) is 0 Å². The van der Waals surface area contributed by atoms with E-state index in [9.17, 15) is 4.79 Å². The van der Waals surface area contributed by atoms with Crippen molar-refractivity contribution in [2.75, 3.05) is 6.54 Å². The SMILES string of the molecule is Cc1ccc(C(=O)NCC2(N)CCCCC2)cc1Br. The Kier molecular flexibility index (Phi) is 4.63. The summed E-state index contributed by atoms with van der Waals surface area (Å²) >= 11 is 3.45. The van der Waals surface area contributed by atoms with Crippen LogP contribution in [0.15, 0.2) is 22.7 Å². The van der Waals surface area contributed by atoms with Crippen LogP contribution in [-0.4, -0.2) is 18.0 Å². The van der Waals surface area contributed by atoms with E-state index < -0.39 is 0 Å². The van der Waals surface area contributed by atoms with Gasteiger partial charge in [0.25, 0.3) is 5.91 Å². The minimum absolute atomic E-state index is 0.0453. The standard InChI is InChI=1S/C15H21BrN2O/c1-11-5-6-12(9-13(11)16)14(19)18-10-15(17)7-3-2-4-8-15/h5-6,9H,2-4,7-8,10,17H2,1H3,(H,18,19). The molecule has 1 amide bonds. The highest BCUT2D eigenvalue weighted by atomic mass is 79.9. The summed E-state index contributed by atoms with van der Waals surface area (Å²) < 4.78 is 0.959. The van der Waals surface area contributed by atoms with Gasteiger partial charge in [0, 0.05) is 22.1 Å². The third-order valence-corrected chi connectivity index (χ3v) is 4.74. The molecule has 1 aliphatic rings.